The van der Waals surface area contributed by atoms with E-state index in [9.17, 15) is 4.39 Å². The molecule has 4 heteroatoms. The topological polar surface area (TPSA) is 24.9 Å². The fourth-order valence-corrected chi connectivity index (χ4v) is 2.48. The number of rotatable bonds is 4. The standard InChI is InChI=1S/C15H16BrFN2/c1-10-9-19-6-5-13(10)15(18-2)7-11-3-4-12(16)8-14(11)17/h3-6,8-9,15,18H,7H2,1-2H3. The first-order valence-electron chi connectivity index (χ1n) is 6.13. The van der Waals surface area contributed by atoms with Gasteiger partial charge in [0.25, 0.3) is 0 Å². The molecule has 19 heavy (non-hydrogen) atoms. The number of aromatic nitrogens is 1. The Kier molecular flexibility index (Phi) is 4.66. The van der Waals surface area contributed by atoms with Crippen molar-refractivity contribution in [3.63, 3.8) is 0 Å². The zero-order valence-corrected chi connectivity index (χ0v) is 12.5. The van der Waals surface area contributed by atoms with Crippen molar-refractivity contribution in [2.45, 2.75) is 19.4 Å². The van der Waals surface area contributed by atoms with Crippen LogP contribution < -0.4 is 5.32 Å². The summed E-state index contributed by atoms with van der Waals surface area (Å²) >= 11 is 3.27. The number of hydrogen-bond donors (Lipinski definition) is 1. The van der Waals surface area contributed by atoms with Gasteiger partial charge in [-0.25, -0.2) is 4.39 Å². The van der Waals surface area contributed by atoms with E-state index in [4.69, 9.17) is 0 Å². The van der Waals surface area contributed by atoms with E-state index in [-0.39, 0.29) is 11.9 Å². The molecule has 0 aliphatic heterocycles. The summed E-state index contributed by atoms with van der Waals surface area (Å²) in [6.07, 6.45) is 4.21. The molecule has 2 aromatic rings. The number of likely N-dealkylation sites (N-methyl/N-ethyl adjacent to an activating group) is 1. The van der Waals surface area contributed by atoms with Gasteiger partial charge in [-0.2, -0.15) is 0 Å². The van der Waals surface area contributed by atoms with Crippen molar-refractivity contribution in [1.82, 2.24) is 10.3 Å². The minimum atomic E-state index is -0.179. The molecule has 0 amide bonds. The summed E-state index contributed by atoms with van der Waals surface area (Å²) in [5.41, 5.74) is 2.97. The molecule has 0 saturated heterocycles. The molecule has 0 radical (unpaired) electrons. The van der Waals surface area contributed by atoms with Crippen molar-refractivity contribution in [3.05, 3.63) is 63.6 Å². The van der Waals surface area contributed by atoms with Crippen molar-refractivity contribution >= 4 is 15.9 Å². The van der Waals surface area contributed by atoms with E-state index in [1.54, 1.807) is 6.20 Å². The van der Waals surface area contributed by atoms with Crippen LogP contribution in [0.4, 0.5) is 4.39 Å². The van der Waals surface area contributed by atoms with Gasteiger partial charge in [0.2, 0.25) is 0 Å². The average Bonchev–Trinajstić information content (AvgIpc) is 2.39. The molecule has 1 unspecified atom stereocenters. The third kappa shape index (κ3) is 3.39. The molecular formula is C15H16BrFN2. The number of pyridine rings is 1. The highest BCUT2D eigenvalue weighted by molar-refractivity contribution is 9.10. The molecule has 1 aromatic carbocycles. The maximum absolute atomic E-state index is 13.9. The van der Waals surface area contributed by atoms with Crippen LogP contribution in [-0.4, -0.2) is 12.0 Å². The van der Waals surface area contributed by atoms with E-state index in [0.29, 0.717) is 12.0 Å². The monoisotopic (exact) mass is 322 g/mol. The fraction of sp³-hybridized carbons (Fsp3) is 0.267. The van der Waals surface area contributed by atoms with E-state index in [1.165, 1.54) is 6.07 Å². The highest BCUT2D eigenvalue weighted by Gasteiger charge is 2.14. The molecule has 0 spiro atoms. The molecule has 0 saturated carbocycles. The maximum atomic E-state index is 13.9. The Morgan fingerprint density at radius 1 is 1.37 bits per heavy atom. The molecule has 0 bridgehead atoms. The van der Waals surface area contributed by atoms with Crippen molar-refractivity contribution in [2.75, 3.05) is 7.05 Å². The molecule has 1 aromatic heterocycles. The number of benzene rings is 1. The fourth-order valence-electron chi connectivity index (χ4n) is 2.15. The predicted molar refractivity (Wildman–Crippen MR) is 78.6 cm³/mol. The van der Waals surface area contributed by atoms with Crippen LogP contribution in [0.25, 0.3) is 0 Å². The lowest BCUT2D eigenvalue weighted by atomic mass is 9.96. The van der Waals surface area contributed by atoms with Crippen LogP contribution >= 0.6 is 15.9 Å². The Labute approximate surface area is 121 Å². The van der Waals surface area contributed by atoms with Gasteiger partial charge in [-0.15, -0.1) is 0 Å². The number of hydrogen-bond acceptors (Lipinski definition) is 2. The zero-order valence-electron chi connectivity index (χ0n) is 11.0. The van der Waals surface area contributed by atoms with Gasteiger partial charge in [-0.3, -0.25) is 4.98 Å². The van der Waals surface area contributed by atoms with Gasteiger partial charge in [0, 0.05) is 22.9 Å². The zero-order chi connectivity index (χ0) is 13.8. The largest absolute Gasteiger partial charge is 0.313 e. The lowest BCUT2D eigenvalue weighted by Gasteiger charge is -2.19. The van der Waals surface area contributed by atoms with E-state index < -0.39 is 0 Å². The summed E-state index contributed by atoms with van der Waals surface area (Å²) in [5, 5.41) is 3.24. The molecule has 1 heterocycles. The second-order valence-corrected chi connectivity index (χ2v) is 5.43. The van der Waals surface area contributed by atoms with Crippen molar-refractivity contribution in [3.8, 4) is 0 Å². The number of nitrogens with one attached hydrogen (secondary N) is 1. The van der Waals surface area contributed by atoms with Crippen LogP contribution in [0.15, 0.2) is 41.1 Å². The number of aryl methyl sites for hydroxylation is 1. The second kappa shape index (κ2) is 6.26. The van der Waals surface area contributed by atoms with E-state index >= 15 is 0 Å². The lowest BCUT2D eigenvalue weighted by Crippen LogP contribution is -2.20. The minimum absolute atomic E-state index is 0.0821. The highest BCUT2D eigenvalue weighted by Crippen LogP contribution is 2.23. The highest BCUT2D eigenvalue weighted by atomic mass is 79.9. The third-order valence-corrected chi connectivity index (χ3v) is 3.72. The molecule has 0 aliphatic carbocycles. The molecule has 1 N–H and O–H groups in total. The molecule has 0 fully saturated rings. The maximum Gasteiger partial charge on any atom is 0.127 e. The first-order chi connectivity index (χ1) is 9.11. The van der Waals surface area contributed by atoms with Crippen molar-refractivity contribution < 1.29 is 4.39 Å². The lowest BCUT2D eigenvalue weighted by molar-refractivity contribution is 0.552. The van der Waals surface area contributed by atoms with Crippen LogP contribution in [0.5, 0.6) is 0 Å². The average molecular weight is 323 g/mol. The number of nitrogens with zero attached hydrogens (tertiary/aromatic N) is 1. The minimum Gasteiger partial charge on any atom is -0.313 e. The van der Waals surface area contributed by atoms with E-state index in [0.717, 1.165) is 15.6 Å². The quantitative estimate of drug-likeness (QED) is 0.926. The second-order valence-electron chi connectivity index (χ2n) is 4.51. The molecule has 2 nitrogen and oxygen atoms in total. The van der Waals surface area contributed by atoms with Crippen LogP contribution in [0, 0.1) is 12.7 Å². The van der Waals surface area contributed by atoms with Gasteiger partial charge in [0.15, 0.2) is 0 Å². The summed E-state index contributed by atoms with van der Waals surface area (Å²) in [7, 11) is 1.89. The summed E-state index contributed by atoms with van der Waals surface area (Å²) < 4.78 is 14.7. The third-order valence-electron chi connectivity index (χ3n) is 3.23. The Hall–Kier alpha value is -1.26. The Balaban J connectivity index is 2.27. The van der Waals surface area contributed by atoms with Gasteiger partial charge in [0.1, 0.15) is 5.82 Å². The van der Waals surface area contributed by atoms with Gasteiger partial charge >= 0.3 is 0 Å². The number of halogens is 2. The molecule has 1 atom stereocenters. The Morgan fingerprint density at radius 2 is 2.16 bits per heavy atom. The first kappa shape index (κ1) is 14.2. The predicted octanol–water partition coefficient (Wildman–Crippen LogP) is 3.79. The van der Waals surface area contributed by atoms with Crippen LogP contribution in [0.2, 0.25) is 0 Å². The summed E-state index contributed by atoms with van der Waals surface area (Å²) in [5.74, 6) is -0.179. The summed E-state index contributed by atoms with van der Waals surface area (Å²) in [6.45, 7) is 2.02. The normalized spacial score (nSPS) is 12.4. The van der Waals surface area contributed by atoms with Crippen molar-refractivity contribution in [2.24, 2.45) is 0 Å². The van der Waals surface area contributed by atoms with Gasteiger partial charge in [0.05, 0.1) is 0 Å². The van der Waals surface area contributed by atoms with E-state index in [2.05, 4.69) is 26.2 Å². The first-order valence-corrected chi connectivity index (χ1v) is 6.93. The van der Waals surface area contributed by atoms with Gasteiger partial charge in [-0.05, 0) is 55.3 Å². The summed E-state index contributed by atoms with van der Waals surface area (Å²) in [4.78, 5) is 4.09. The summed E-state index contributed by atoms with van der Waals surface area (Å²) in [6, 6.07) is 7.25. The van der Waals surface area contributed by atoms with Crippen molar-refractivity contribution in [1.29, 1.82) is 0 Å². The molecule has 100 valence electrons. The Morgan fingerprint density at radius 3 is 2.79 bits per heavy atom. The smallest absolute Gasteiger partial charge is 0.127 e. The van der Waals surface area contributed by atoms with E-state index in [1.807, 2.05) is 38.4 Å². The molecule has 2 rings (SSSR count). The van der Waals surface area contributed by atoms with Crippen LogP contribution in [-0.2, 0) is 6.42 Å². The molecule has 0 aliphatic rings. The van der Waals surface area contributed by atoms with Gasteiger partial charge in [-0.1, -0.05) is 22.0 Å². The SMILES string of the molecule is CNC(Cc1ccc(Br)cc1F)c1ccncc1C. The molecular weight excluding hydrogens is 307 g/mol. The van der Waals surface area contributed by atoms with Gasteiger partial charge < -0.3 is 5.32 Å². The Bertz CT molecular complexity index is 572. The van der Waals surface area contributed by atoms with Crippen LogP contribution in [0.3, 0.4) is 0 Å². The van der Waals surface area contributed by atoms with Crippen LogP contribution in [0.1, 0.15) is 22.7 Å².